The molecule has 3 rings (SSSR count). The number of hydrogen-bond acceptors (Lipinski definition) is 7. The number of benzene rings is 2. The molecule has 0 fully saturated rings. The number of hydrogen-bond donors (Lipinski definition) is 1. The summed E-state index contributed by atoms with van der Waals surface area (Å²) in [4.78, 5) is 60.1. The van der Waals surface area contributed by atoms with Gasteiger partial charge in [-0.3, -0.25) is 34.2 Å². The molecule has 1 N–H and O–H groups in total. The number of rotatable bonds is 7. The summed E-state index contributed by atoms with van der Waals surface area (Å²) in [5.41, 5.74) is 1.78. The van der Waals surface area contributed by atoms with Gasteiger partial charge in [-0.05, 0) is 32.0 Å². The van der Waals surface area contributed by atoms with Gasteiger partial charge in [0.25, 0.3) is 23.4 Å². The van der Waals surface area contributed by atoms with Gasteiger partial charge in [0.1, 0.15) is 0 Å². The smallest absolute Gasteiger partial charge is 0.308 e. The Balaban J connectivity index is 1.51. The summed E-state index contributed by atoms with van der Waals surface area (Å²) < 4.78 is 4.89. The maximum Gasteiger partial charge on any atom is 0.308 e. The van der Waals surface area contributed by atoms with E-state index in [9.17, 15) is 29.3 Å². The summed E-state index contributed by atoms with van der Waals surface area (Å²) in [5, 5.41) is 13.4. The van der Waals surface area contributed by atoms with E-state index >= 15 is 0 Å². The number of nitro benzene ring substituents is 1. The summed E-state index contributed by atoms with van der Waals surface area (Å²) in [6, 6.07) is 9.15. The molecule has 0 unspecified atom stereocenters. The normalized spacial score (nSPS) is 12.5. The first-order valence-electron chi connectivity index (χ1n) is 9.35. The van der Waals surface area contributed by atoms with Crippen molar-refractivity contribution in [2.24, 2.45) is 0 Å². The molecule has 0 bridgehead atoms. The van der Waals surface area contributed by atoms with E-state index in [1.54, 1.807) is 25.1 Å². The maximum atomic E-state index is 12.4. The standard InChI is InChI=1S/C21H19N3O7/c1-12-6-7-14-15(10-12)21(28)23(20(14)27)9-8-19(26)31-11-18(25)22-16-4-3-5-17(13(16)2)24(29)30/h3-7,10H,8-9,11H2,1-2H3,(H,22,25). The molecule has 0 aliphatic carbocycles. The molecule has 3 amide bonds. The van der Waals surface area contributed by atoms with Crippen LogP contribution in [0.15, 0.2) is 36.4 Å². The van der Waals surface area contributed by atoms with Crippen molar-refractivity contribution in [3.05, 3.63) is 68.8 Å². The van der Waals surface area contributed by atoms with Crippen LogP contribution in [0.25, 0.3) is 0 Å². The fourth-order valence-corrected chi connectivity index (χ4v) is 3.17. The highest BCUT2D eigenvalue weighted by Crippen LogP contribution is 2.25. The van der Waals surface area contributed by atoms with E-state index in [0.717, 1.165) is 10.5 Å². The Morgan fingerprint density at radius 3 is 2.52 bits per heavy atom. The number of fused-ring (bicyclic) bond motifs is 1. The van der Waals surface area contributed by atoms with Crippen molar-refractivity contribution in [2.45, 2.75) is 20.3 Å². The molecule has 0 spiro atoms. The number of amides is 3. The second-order valence-electron chi connectivity index (χ2n) is 6.98. The summed E-state index contributed by atoms with van der Waals surface area (Å²) in [6.45, 7) is 2.51. The van der Waals surface area contributed by atoms with Gasteiger partial charge in [-0.1, -0.05) is 17.7 Å². The molecule has 0 atom stereocenters. The molecule has 1 heterocycles. The minimum absolute atomic E-state index is 0.147. The minimum atomic E-state index is -0.765. The SMILES string of the molecule is Cc1ccc2c(c1)C(=O)N(CCC(=O)OCC(=O)Nc1cccc([N+](=O)[O-])c1C)C2=O. The van der Waals surface area contributed by atoms with Gasteiger partial charge >= 0.3 is 5.97 Å². The molecule has 0 aromatic heterocycles. The van der Waals surface area contributed by atoms with E-state index in [4.69, 9.17) is 4.74 Å². The third-order valence-electron chi connectivity index (χ3n) is 4.81. The fraction of sp³-hybridized carbons (Fsp3) is 0.238. The fourth-order valence-electron chi connectivity index (χ4n) is 3.17. The summed E-state index contributed by atoms with van der Waals surface area (Å²) >= 11 is 0. The van der Waals surface area contributed by atoms with Gasteiger partial charge in [0.05, 0.1) is 33.7 Å². The molecule has 10 heteroatoms. The number of nitro groups is 1. The number of imide groups is 1. The second-order valence-corrected chi connectivity index (χ2v) is 6.98. The van der Waals surface area contributed by atoms with Crippen LogP contribution in [0.4, 0.5) is 11.4 Å². The lowest BCUT2D eigenvalue weighted by atomic mass is 10.1. The highest BCUT2D eigenvalue weighted by molar-refractivity contribution is 6.21. The average molecular weight is 425 g/mol. The largest absolute Gasteiger partial charge is 0.456 e. The average Bonchev–Trinajstić information content (AvgIpc) is 2.95. The zero-order chi connectivity index (χ0) is 22.7. The molecular formula is C21H19N3O7. The monoisotopic (exact) mass is 425 g/mol. The van der Waals surface area contributed by atoms with Crippen LogP contribution in [-0.2, 0) is 14.3 Å². The van der Waals surface area contributed by atoms with Crippen LogP contribution in [0.2, 0.25) is 0 Å². The van der Waals surface area contributed by atoms with Gasteiger partial charge in [0.15, 0.2) is 6.61 Å². The quantitative estimate of drug-likeness (QED) is 0.311. The Kier molecular flexibility index (Phi) is 6.10. The summed E-state index contributed by atoms with van der Waals surface area (Å²) in [5.74, 6) is -2.39. The first-order valence-corrected chi connectivity index (χ1v) is 9.35. The van der Waals surface area contributed by atoms with Gasteiger partial charge in [-0.25, -0.2) is 0 Å². The van der Waals surface area contributed by atoms with Gasteiger partial charge < -0.3 is 10.1 Å². The third-order valence-corrected chi connectivity index (χ3v) is 4.81. The third kappa shape index (κ3) is 4.58. The molecule has 0 saturated carbocycles. The van der Waals surface area contributed by atoms with Crippen LogP contribution < -0.4 is 5.32 Å². The Bertz CT molecular complexity index is 1110. The maximum absolute atomic E-state index is 12.4. The number of aryl methyl sites for hydroxylation is 1. The van der Waals surface area contributed by atoms with E-state index in [0.29, 0.717) is 5.56 Å². The molecule has 2 aromatic carbocycles. The van der Waals surface area contributed by atoms with Crippen molar-refractivity contribution < 1.29 is 28.8 Å². The molecule has 31 heavy (non-hydrogen) atoms. The van der Waals surface area contributed by atoms with Crippen LogP contribution in [0.3, 0.4) is 0 Å². The Labute approximate surface area is 176 Å². The number of carbonyl (C=O) groups excluding carboxylic acids is 4. The summed E-state index contributed by atoms with van der Waals surface area (Å²) in [7, 11) is 0. The van der Waals surface area contributed by atoms with E-state index in [-0.39, 0.29) is 35.5 Å². The number of esters is 1. The number of nitrogens with zero attached hydrogens (tertiary/aromatic N) is 2. The lowest BCUT2D eigenvalue weighted by Crippen LogP contribution is -2.32. The van der Waals surface area contributed by atoms with E-state index < -0.39 is 35.2 Å². The highest BCUT2D eigenvalue weighted by atomic mass is 16.6. The Morgan fingerprint density at radius 1 is 1.10 bits per heavy atom. The van der Waals surface area contributed by atoms with Gasteiger partial charge in [-0.2, -0.15) is 0 Å². The number of anilines is 1. The first kappa shape index (κ1) is 21.6. The van der Waals surface area contributed by atoms with Crippen LogP contribution >= 0.6 is 0 Å². The van der Waals surface area contributed by atoms with Crippen molar-refractivity contribution in [3.8, 4) is 0 Å². The van der Waals surface area contributed by atoms with E-state index in [2.05, 4.69) is 5.32 Å². The van der Waals surface area contributed by atoms with E-state index in [1.807, 2.05) is 0 Å². The Morgan fingerprint density at radius 2 is 1.81 bits per heavy atom. The van der Waals surface area contributed by atoms with Crippen molar-refractivity contribution in [1.29, 1.82) is 0 Å². The predicted octanol–water partition coefficient (Wildman–Crippen LogP) is 2.38. The highest BCUT2D eigenvalue weighted by Gasteiger charge is 2.35. The zero-order valence-electron chi connectivity index (χ0n) is 16.8. The van der Waals surface area contributed by atoms with Crippen molar-refractivity contribution in [3.63, 3.8) is 0 Å². The molecule has 10 nitrogen and oxygen atoms in total. The number of nitrogens with one attached hydrogen (secondary N) is 1. The molecule has 1 aliphatic rings. The zero-order valence-corrected chi connectivity index (χ0v) is 16.8. The summed E-state index contributed by atoms with van der Waals surface area (Å²) in [6.07, 6.45) is -0.270. The van der Waals surface area contributed by atoms with Crippen molar-refractivity contribution in [1.82, 2.24) is 4.90 Å². The molecule has 0 saturated heterocycles. The van der Waals surface area contributed by atoms with Crippen molar-refractivity contribution in [2.75, 3.05) is 18.5 Å². The topological polar surface area (TPSA) is 136 Å². The lowest BCUT2D eigenvalue weighted by molar-refractivity contribution is -0.385. The van der Waals surface area contributed by atoms with Crippen LogP contribution in [0, 0.1) is 24.0 Å². The first-order chi connectivity index (χ1) is 14.7. The number of ether oxygens (including phenoxy) is 1. The van der Waals surface area contributed by atoms with Crippen LogP contribution in [-0.4, -0.2) is 46.7 Å². The van der Waals surface area contributed by atoms with Crippen LogP contribution in [0.1, 0.15) is 38.3 Å². The lowest BCUT2D eigenvalue weighted by Gasteiger charge is -2.13. The predicted molar refractivity (Wildman–Crippen MR) is 109 cm³/mol. The van der Waals surface area contributed by atoms with Crippen LogP contribution in [0.5, 0.6) is 0 Å². The second kappa shape index (κ2) is 8.74. The van der Waals surface area contributed by atoms with Crippen molar-refractivity contribution >= 4 is 35.1 Å². The molecule has 2 aromatic rings. The molecule has 1 aliphatic heterocycles. The van der Waals surface area contributed by atoms with Gasteiger partial charge in [-0.15, -0.1) is 0 Å². The number of carbonyl (C=O) groups is 4. The minimum Gasteiger partial charge on any atom is -0.456 e. The molecule has 0 radical (unpaired) electrons. The van der Waals surface area contributed by atoms with Gasteiger partial charge in [0, 0.05) is 12.6 Å². The molecule has 160 valence electrons. The van der Waals surface area contributed by atoms with E-state index in [1.165, 1.54) is 25.1 Å². The molecular weight excluding hydrogens is 406 g/mol. The Hall–Kier alpha value is -4.08. The van der Waals surface area contributed by atoms with Gasteiger partial charge in [0.2, 0.25) is 0 Å².